The Kier molecular flexibility index (Phi) is 6.09. The first-order valence-corrected chi connectivity index (χ1v) is 6.61. The van der Waals surface area contributed by atoms with E-state index in [2.05, 4.69) is 0 Å². The van der Waals surface area contributed by atoms with E-state index in [0.717, 1.165) is 17.7 Å². The molecule has 0 heterocycles. The van der Waals surface area contributed by atoms with Gasteiger partial charge in [0.1, 0.15) is 0 Å². The summed E-state index contributed by atoms with van der Waals surface area (Å²) in [5.41, 5.74) is 1.80. The van der Waals surface area contributed by atoms with Crippen molar-refractivity contribution in [2.45, 2.75) is 33.4 Å². The lowest BCUT2D eigenvalue weighted by atomic mass is 10.0. The average Bonchev–Trinajstić information content (AvgIpc) is 2.41. The van der Waals surface area contributed by atoms with Gasteiger partial charge in [-0.1, -0.05) is 42.0 Å². The summed E-state index contributed by atoms with van der Waals surface area (Å²) in [6.07, 6.45) is -6.57. The van der Waals surface area contributed by atoms with Gasteiger partial charge in [-0.15, -0.1) is 0 Å². The normalized spacial score (nSPS) is 11.1. The second kappa shape index (κ2) is 7.38. The molecule has 0 amide bonds. The summed E-state index contributed by atoms with van der Waals surface area (Å²) in [5, 5.41) is 0. The minimum absolute atomic E-state index is 0.144. The molecular formula is C17H17F5. The summed E-state index contributed by atoms with van der Waals surface area (Å²) < 4.78 is 60.3. The second-order valence-corrected chi connectivity index (χ2v) is 4.96. The van der Waals surface area contributed by atoms with Crippen LogP contribution in [-0.2, 0) is 6.18 Å². The molecule has 2 rings (SSSR count). The SMILES string of the molecule is Cc1cccc(C(F)(F)F)c1.Cc1cccc(C(F)F)c1C. The molecule has 0 aromatic heterocycles. The van der Waals surface area contributed by atoms with Crippen molar-refractivity contribution < 1.29 is 22.0 Å². The van der Waals surface area contributed by atoms with E-state index in [1.54, 1.807) is 26.0 Å². The van der Waals surface area contributed by atoms with Crippen LogP contribution in [0.1, 0.15) is 34.2 Å². The predicted octanol–water partition coefficient (Wildman–Crippen LogP) is 6.25. The van der Waals surface area contributed by atoms with Crippen LogP contribution in [0.4, 0.5) is 22.0 Å². The van der Waals surface area contributed by atoms with Gasteiger partial charge in [0.25, 0.3) is 6.43 Å². The zero-order chi connectivity index (χ0) is 16.9. The Morgan fingerprint density at radius 2 is 1.45 bits per heavy atom. The van der Waals surface area contributed by atoms with Crippen molar-refractivity contribution in [1.82, 2.24) is 0 Å². The Labute approximate surface area is 126 Å². The number of benzene rings is 2. The van der Waals surface area contributed by atoms with Gasteiger partial charge in [-0.2, -0.15) is 13.2 Å². The van der Waals surface area contributed by atoms with Crippen molar-refractivity contribution in [2.75, 3.05) is 0 Å². The summed E-state index contributed by atoms with van der Waals surface area (Å²) in [6.45, 7) is 5.19. The lowest BCUT2D eigenvalue weighted by Gasteiger charge is -2.05. The van der Waals surface area contributed by atoms with Crippen LogP contribution in [0.5, 0.6) is 0 Å². The third-order valence-electron chi connectivity index (χ3n) is 3.23. The maximum Gasteiger partial charge on any atom is 0.416 e. The highest BCUT2D eigenvalue weighted by Gasteiger charge is 2.29. The lowest BCUT2D eigenvalue weighted by molar-refractivity contribution is -0.137. The third kappa shape index (κ3) is 5.13. The largest absolute Gasteiger partial charge is 0.416 e. The fourth-order valence-corrected chi connectivity index (χ4v) is 1.83. The first-order chi connectivity index (χ1) is 10.1. The molecule has 0 bridgehead atoms. The molecular weight excluding hydrogens is 299 g/mol. The van der Waals surface area contributed by atoms with Crippen LogP contribution < -0.4 is 0 Å². The Bertz CT molecular complexity index is 615. The van der Waals surface area contributed by atoms with Gasteiger partial charge in [0, 0.05) is 5.56 Å². The highest BCUT2D eigenvalue weighted by molar-refractivity contribution is 5.33. The first-order valence-electron chi connectivity index (χ1n) is 6.61. The fourth-order valence-electron chi connectivity index (χ4n) is 1.83. The van der Waals surface area contributed by atoms with E-state index in [4.69, 9.17) is 0 Å². The second-order valence-electron chi connectivity index (χ2n) is 4.96. The van der Waals surface area contributed by atoms with Crippen LogP contribution in [0.2, 0.25) is 0 Å². The van der Waals surface area contributed by atoms with E-state index in [0.29, 0.717) is 11.1 Å². The number of hydrogen-bond donors (Lipinski definition) is 0. The van der Waals surface area contributed by atoms with Gasteiger partial charge in [-0.05, 0) is 38.0 Å². The molecule has 0 aliphatic heterocycles. The first kappa shape index (κ1) is 18.1. The molecule has 0 aliphatic carbocycles. The molecule has 0 nitrogen and oxygen atoms in total. The van der Waals surface area contributed by atoms with E-state index < -0.39 is 18.2 Å². The fraction of sp³-hybridized carbons (Fsp3) is 0.294. The zero-order valence-electron chi connectivity index (χ0n) is 12.5. The molecule has 0 saturated heterocycles. The van der Waals surface area contributed by atoms with Crippen molar-refractivity contribution in [1.29, 1.82) is 0 Å². The van der Waals surface area contributed by atoms with Crippen LogP contribution >= 0.6 is 0 Å². The third-order valence-corrected chi connectivity index (χ3v) is 3.23. The molecule has 0 radical (unpaired) electrons. The summed E-state index contributed by atoms with van der Waals surface area (Å²) in [6, 6.07) is 10.2. The molecule has 120 valence electrons. The molecule has 0 unspecified atom stereocenters. The molecule has 0 spiro atoms. The van der Waals surface area contributed by atoms with Gasteiger partial charge in [0.2, 0.25) is 0 Å². The van der Waals surface area contributed by atoms with Crippen molar-refractivity contribution >= 4 is 0 Å². The van der Waals surface area contributed by atoms with Crippen molar-refractivity contribution in [3.63, 3.8) is 0 Å². The Hall–Kier alpha value is -1.91. The van der Waals surface area contributed by atoms with E-state index in [1.807, 2.05) is 13.0 Å². The quantitative estimate of drug-likeness (QED) is 0.545. The van der Waals surface area contributed by atoms with Crippen molar-refractivity contribution in [3.05, 3.63) is 70.3 Å². The smallest absolute Gasteiger partial charge is 0.205 e. The molecule has 5 heteroatoms. The van der Waals surface area contributed by atoms with E-state index >= 15 is 0 Å². The number of aryl methyl sites for hydroxylation is 2. The number of hydrogen-bond acceptors (Lipinski definition) is 0. The maximum atomic E-state index is 12.2. The van der Waals surface area contributed by atoms with Crippen LogP contribution in [0.3, 0.4) is 0 Å². The van der Waals surface area contributed by atoms with Gasteiger partial charge < -0.3 is 0 Å². The number of halogens is 5. The minimum Gasteiger partial charge on any atom is -0.205 e. The Morgan fingerprint density at radius 3 is 1.86 bits per heavy atom. The maximum absolute atomic E-state index is 12.2. The summed E-state index contributed by atoms with van der Waals surface area (Å²) in [5.74, 6) is 0. The van der Waals surface area contributed by atoms with Gasteiger partial charge >= 0.3 is 6.18 Å². The van der Waals surface area contributed by atoms with Gasteiger partial charge in [0.15, 0.2) is 0 Å². The van der Waals surface area contributed by atoms with Gasteiger partial charge in [-0.3, -0.25) is 0 Å². The summed E-state index contributed by atoms with van der Waals surface area (Å²) >= 11 is 0. The number of alkyl halides is 5. The van der Waals surface area contributed by atoms with Crippen molar-refractivity contribution in [3.8, 4) is 0 Å². The highest BCUT2D eigenvalue weighted by Crippen LogP contribution is 2.29. The lowest BCUT2D eigenvalue weighted by Crippen LogP contribution is -2.04. The molecule has 0 fully saturated rings. The van der Waals surface area contributed by atoms with E-state index in [9.17, 15) is 22.0 Å². The topological polar surface area (TPSA) is 0 Å². The summed E-state index contributed by atoms with van der Waals surface area (Å²) in [4.78, 5) is 0. The van der Waals surface area contributed by atoms with E-state index in [1.165, 1.54) is 12.1 Å². The average molecular weight is 316 g/mol. The molecule has 0 atom stereocenters. The Morgan fingerprint density at radius 1 is 0.864 bits per heavy atom. The van der Waals surface area contributed by atoms with Gasteiger partial charge in [-0.25, -0.2) is 8.78 Å². The van der Waals surface area contributed by atoms with Crippen LogP contribution in [0.15, 0.2) is 42.5 Å². The van der Waals surface area contributed by atoms with Crippen LogP contribution in [0, 0.1) is 20.8 Å². The monoisotopic (exact) mass is 316 g/mol. The van der Waals surface area contributed by atoms with E-state index in [-0.39, 0.29) is 5.56 Å². The summed E-state index contributed by atoms with van der Waals surface area (Å²) in [7, 11) is 0. The molecule has 0 N–H and O–H groups in total. The zero-order valence-corrected chi connectivity index (χ0v) is 12.5. The highest BCUT2D eigenvalue weighted by atomic mass is 19.4. The molecule has 22 heavy (non-hydrogen) atoms. The van der Waals surface area contributed by atoms with Crippen molar-refractivity contribution in [2.24, 2.45) is 0 Å². The molecule has 2 aromatic carbocycles. The minimum atomic E-state index is -4.22. The predicted molar refractivity (Wildman–Crippen MR) is 77.1 cm³/mol. The van der Waals surface area contributed by atoms with Gasteiger partial charge in [0.05, 0.1) is 5.56 Å². The standard InChI is InChI=1S/C9H10F2.C8H7F3/c1-6-4-3-5-8(7(6)2)9(10)11;1-6-3-2-4-7(5-6)8(9,10)11/h3-5,9H,1-2H3;2-5H,1H3. The number of rotatable bonds is 1. The van der Waals surface area contributed by atoms with Crippen LogP contribution in [-0.4, -0.2) is 0 Å². The molecule has 0 aliphatic rings. The Balaban J connectivity index is 0.000000220. The molecule has 2 aromatic rings. The van der Waals surface area contributed by atoms with Crippen LogP contribution in [0.25, 0.3) is 0 Å². The molecule has 0 saturated carbocycles.